The van der Waals surface area contributed by atoms with Crippen LogP contribution in [0.25, 0.3) is 0 Å². The third-order valence-corrected chi connectivity index (χ3v) is 7.30. The lowest BCUT2D eigenvalue weighted by molar-refractivity contribution is -0.123. The molecule has 1 heterocycles. The summed E-state index contributed by atoms with van der Waals surface area (Å²) in [6, 6.07) is 16.0. The summed E-state index contributed by atoms with van der Waals surface area (Å²) in [5.41, 5.74) is 2.96. The Balaban J connectivity index is 1.68. The lowest BCUT2D eigenvalue weighted by Crippen LogP contribution is -2.38. The van der Waals surface area contributed by atoms with E-state index >= 15 is 0 Å². The maximum absolute atomic E-state index is 11.7. The average molecular weight is 470 g/mol. The van der Waals surface area contributed by atoms with Crippen molar-refractivity contribution >= 4 is 11.6 Å². The van der Waals surface area contributed by atoms with E-state index in [1.807, 2.05) is 36.4 Å². The average Bonchev–Trinajstić information content (AvgIpc) is 3.14. The minimum atomic E-state index is -1.04. The number of hydrogen-bond donors (Lipinski definition) is 3. The lowest BCUT2D eigenvalue weighted by Gasteiger charge is -2.38. The van der Waals surface area contributed by atoms with Gasteiger partial charge in [-0.1, -0.05) is 45.0 Å². The summed E-state index contributed by atoms with van der Waals surface area (Å²) < 4.78 is 11.9. The first-order valence-electron chi connectivity index (χ1n) is 12.2. The van der Waals surface area contributed by atoms with Gasteiger partial charge in [0.25, 0.3) is 5.91 Å². The van der Waals surface area contributed by atoms with E-state index in [1.165, 1.54) is 18.1 Å². The molecule has 0 aliphatic carbocycles. The smallest absolute Gasteiger partial charge is 0.252 e. The Hall–Kier alpha value is -2.41. The van der Waals surface area contributed by atoms with E-state index in [4.69, 9.17) is 9.47 Å². The second-order valence-corrected chi connectivity index (χ2v) is 9.96. The first kappa shape index (κ1) is 26.2. The highest BCUT2D eigenvalue weighted by Crippen LogP contribution is 2.47. The van der Waals surface area contributed by atoms with Gasteiger partial charge in [-0.2, -0.15) is 0 Å². The molecule has 2 aromatic carbocycles. The van der Waals surface area contributed by atoms with Crippen molar-refractivity contribution in [1.82, 2.24) is 0 Å². The van der Waals surface area contributed by atoms with Gasteiger partial charge >= 0.3 is 0 Å². The Morgan fingerprint density at radius 1 is 1.09 bits per heavy atom. The van der Waals surface area contributed by atoms with Crippen LogP contribution in [0, 0.1) is 11.8 Å². The molecule has 1 aliphatic heterocycles. The number of aliphatic hydroxyl groups excluding tert-OH is 2. The van der Waals surface area contributed by atoms with Crippen LogP contribution in [0.2, 0.25) is 0 Å². The number of nitrogens with one attached hydrogen (secondary N) is 1. The molecule has 0 unspecified atom stereocenters. The van der Waals surface area contributed by atoms with E-state index in [0.717, 1.165) is 18.6 Å². The fraction of sp³-hybridized carbons (Fsp3) is 0.536. The van der Waals surface area contributed by atoms with E-state index in [0.29, 0.717) is 18.0 Å². The molecule has 2 aromatic rings. The van der Waals surface area contributed by atoms with Crippen molar-refractivity contribution in [1.29, 1.82) is 0 Å². The van der Waals surface area contributed by atoms with Gasteiger partial charge in [-0.25, -0.2) is 0 Å². The summed E-state index contributed by atoms with van der Waals surface area (Å²) in [6.07, 6.45) is 1.44. The number of carbonyl (C=O) groups excluding carboxylic acids is 1. The van der Waals surface area contributed by atoms with Crippen LogP contribution in [-0.4, -0.2) is 48.1 Å². The first-order chi connectivity index (χ1) is 16.2. The Bertz CT molecular complexity index is 923. The Kier molecular flexibility index (Phi) is 8.74. The van der Waals surface area contributed by atoms with Crippen LogP contribution in [0.5, 0.6) is 5.75 Å². The van der Waals surface area contributed by atoms with Crippen molar-refractivity contribution < 1.29 is 24.5 Å². The minimum absolute atomic E-state index is 0.000149. The van der Waals surface area contributed by atoms with Crippen molar-refractivity contribution in [3.63, 3.8) is 0 Å². The van der Waals surface area contributed by atoms with Gasteiger partial charge in [0.05, 0.1) is 19.3 Å². The normalized spacial score (nSPS) is 23.5. The fourth-order valence-electron chi connectivity index (χ4n) is 5.35. The molecule has 3 rings (SSSR count). The van der Waals surface area contributed by atoms with Gasteiger partial charge in [-0.3, -0.25) is 4.79 Å². The van der Waals surface area contributed by atoms with E-state index in [-0.39, 0.29) is 30.1 Å². The van der Waals surface area contributed by atoms with Crippen LogP contribution >= 0.6 is 0 Å². The molecule has 1 fully saturated rings. The molecule has 1 saturated heterocycles. The summed E-state index contributed by atoms with van der Waals surface area (Å²) in [4.78, 5) is 11.7. The molecule has 1 aliphatic rings. The minimum Gasteiger partial charge on any atom is -0.497 e. The van der Waals surface area contributed by atoms with E-state index in [2.05, 4.69) is 38.2 Å². The van der Waals surface area contributed by atoms with Gasteiger partial charge in [0, 0.05) is 12.3 Å². The van der Waals surface area contributed by atoms with Crippen molar-refractivity contribution in [2.45, 2.75) is 70.7 Å². The van der Waals surface area contributed by atoms with Gasteiger partial charge in [-0.15, -0.1) is 0 Å². The van der Waals surface area contributed by atoms with E-state index < -0.39 is 12.0 Å². The maximum Gasteiger partial charge on any atom is 0.252 e. The van der Waals surface area contributed by atoms with Crippen molar-refractivity contribution in [3.8, 4) is 5.75 Å². The summed E-state index contributed by atoms with van der Waals surface area (Å²) in [7, 11) is 1.67. The highest BCUT2D eigenvalue weighted by molar-refractivity contribution is 5.93. The van der Waals surface area contributed by atoms with Crippen LogP contribution in [0.1, 0.15) is 51.7 Å². The molecule has 6 nitrogen and oxygen atoms in total. The number of carbonyl (C=O) groups is 1. The molecule has 1 amide bonds. The quantitative estimate of drug-likeness (QED) is 0.482. The second kappa shape index (κ2) is 11.3. The molecule has 0 spiro atoms. The SMILES string of the molecule is COc1ccc(C(C)(C)[C@@H]2[C@@H](C)[C@@H](CCc3ccc(NC(=O)[C@H](C)O)cc3)O[C@H]2CCO)cc1. The molecule has 0 radical (unpaired) electrons. The zero-order valence-corrected chi connectivity index (χ0v) is 21.0. The van der Waals surface area contributed by atoms with Crippen molar-refractivity contribution in [2.75, 3.05) is 19.0 Å². The molecule has 6 heteroatoms. The Morgan fingerprint density at radius 2 is 1.74 bits per heavy atom. The topological polar surface area (TPSA) is 88.0 Å². The molecule has 0 bridgehead atoms. The first-order valence-corrected chi connectivity index (χ1v) is 12.2. The monoisotopic (exact) mass is 469 g/mol. The summed E-state index contributed by atoms with van der Waals surface area (Å²) in [5.74, 6) is 1.03. The number of aryl methyl sites for hydroxylation is 1. The number of aliphatic hydroxyl groups is 2. The third-order valence-electron chi connectivity index (χ3n) is 7.30. The molecular formula is C28H39NO5. The Labute approximate surface area is 203 Å². The number of rotatable bonds is 10. The van der Waals surface area contributed by atoms with E-state index in [1.54, 1.807) is 7.11 Å². The number of ether oxygens (including phenoxy) is 2. The highest BCUT2D eigenvalue weighted by atomic mass is 16.5. The molecule has 5 atom stereocenters. The third kappa shape index (κ3) is 5.98. The zero-order valence-electron chi connectivity index (χ0n) is 21.0. The molecular weight excluding hydrogens is 430 g/mol. The number of benzene rings is 2. The van der Waals surface area contributed by atoms with Gasteiger partial charge in [-0.05, 0) is 78.8 Å². The standard InChI is InChI=1S/C28H39NO5/c1-18-24(15-8-20-6-11-22(12-7-20)29-27(32)19(2)31)34-25(16-17-30)26(18)28(3,4)21-9-13-23(33-5)14-10-21/h6-7,9-14,18-19,24-26,30-31H,8,15-17H2,1-5H3,(H,29,32)/t18-,19-,24+,25-,26+/m0/s1. The largest absolute Gasteiger partial charge is 0.497 e. The van der Waals surface area contributed by atoms with Crippen LogP contribution in [-0.2, 0) is 21.4 Å². The predicted octanol–water partition coefficient (Wildman–Crippen LogP) is 4.33. The summed E-state index contributed by atoms with van der Waals surface area (Å²) in [5, 5.41) is 21.8. The van der Waals surface area contributed by atoms with E-state index in [9.17, 15) is 15.0 Å². The summed E-state index contributed by atoms with van der Waals surface area (Å²) >= 11 is 0. The lowest BCUT2D eigenvalue weighted by atomic mass is 9.65. The predicted molar refractivity (Wildman–Crippen MR) is 134 cm³/mol. The van der Waals surface area contributed by atoms with Crippen LogP contribution in [0.4, 0.5) is 5.69 Å². The van der Waals surface area contributed by atoms with Crippen LogP contribution < -0.4 is 10.1 Å². The Morgan fingerprint density at radius 3 is 2.29 bits per heavy atom. The molecule has 34 heavy (non-hydrogen) atoms. The van der Waals surface area contributed by atoms with Gasteiger partial charge in [0.1, 0.15) is 11.9 Å². The van der Waals surface area contributed by atoms with Crippen molar-refractivity contribution in [3.05, 3.63) is 59.7 Å². The van der Waals surface area contributed by atoms with Gasteiger partial charge < -0.3 is 25.0 Å². The number of amides is 1. The van der Waals surface area contributed by atoms with Gasteiger partial charge in [0.15, 0.2) is 0 Å². The van der Waals surface area contributed by atoms with Crippen LogP contribution in [0.3, 0.4) is 0 Å². The molecule has 0 aromatic heterocycles. The maximum atomic E-state index is 11.7. The number of methoxy groups -OCH3 is 1. The molecule has 0 saturated carbocycles. The second-order valence-electron chi connectivity index (χ2n) is 9.96. The van der Waals surface area contributed by atoms with Gasteiger partial charge in [0.2, 0.25) is 0 Å². The molecule has 3 N–H and O–H groups in total. The van der Waals surface area contributed by atoms with Crippen molar-refractivity contribution in [2.24, 2.45) is 11.8 Å². The fourth-order valence-corrected chi connectivity index (χ4v) is 5.35. The summed E-state index contributed by atoms with van der Waals surface area (Å²) in [6.45, 7) is 8.37. The molecule has 186 valence electrons. The zero-order chi connectivity index (χ0) is 24.9. The highest BCUT2D eigenvalue weighted by Gasteiger charge is 2.49. The number of hydrogen-bond acceptors (Lipinski definition) is 5. The van der Waals surface area contributed by atoms with Crippen LogP contribution in [0.15, 0.2) is 48.5 Å². The number of anilines is 1.